The summed E-state index contributed by atoms with van der Waals surface area (Å²) < 4.78 is 5.81. The zero-order chi connectivity index (χ0) is 29.4. The molecule has 3 aromatic rings. The van der Waals surface area contributed by atoms with Crippen molar-refractivity contribution in [1.82, 2.24) is 9.97 Å². The SMILES string of the molecule is COC(=C1CCC1)c1cccc(CNc2nc(Nc3c(Cl)cncc3Cl)c3c(c2C(=N)C2CCC2)CC(C)(C)CC3)c1. The Labute approximate surface area is 258 Å². The second-order valence-electron chi connectivity index (χ2n) is 12.7. The Morgan fingerprint density at radius 2 is 1.81 bits per heavy atom. The fourth-order valence-electron chi connectivity index (χ4n) is 6.29. The first-order valence-electron chi connectivity index (χ1n) is 15.0. The van der Waals surface area contributed by atoms with Gasteiger partial charge in [-0.15, -0.1) is 0 Å². The number of rotatable bonds is 9. The largest absolute Gasteiger partial charge is 0.496 e. The molecule has 8 heteroatoms. The van der Waals surface area contributed by atoms with Crippen LogP contribution < -0.4 is 10.6 Å². The molecular weight excluding hydrogens is 565 g/mol. The molecule has 2 fully saturated rings. The van der Waals surface area contributed by atoms with E-state index in [4.69, 9.17) is 32.9 Å². The number of hydrogen-bond acceptors (Lipinski definition) is 6. The van der Waals surface area contributed by atoms with E-state index in [1.165, 1.54) is 24.0 Å². The molecule has 0 amide bonds. The molecule has 3 N–H and O–H groups in total. The lowest BCUT2D eigenvalue weighted by Crippen LogP contribution is -2.30. The normalized spacial score (nSPS) is 17.5. The van der Waals surface area contributed by atoms with Crippen molar-refractivity contribution in [1.29, 1.82) is 5.41 Å². The predicted octanol–water partition coefficient (Wildman–Crippen LogP) is 9.36. The molecule has 3 aliphatic rings. The van der Waals surface area contributed by atoms with E-state index in [1.54, 1.807) is 19.5 Å². The zero-order valence-corrected chi connectivity index (χ0v) is 26.2. The van der Waals surface area contributed by atoms with Crippen LogP contribution in [-0.4, -0.2) is 22.8 Å². The van der Waals surface area contributed by atoms with E-state index >= 15 is 0 Å². The topological polar surface area (TPSA) is 82.9 Å². The van der Waals surface area contributed by atoms with Crippen LogP contribution in [-0.2, 0) is 24.1 Å². The molecule has 6 nitrogen and oxygen atoms in total. The summed E-state index contributed by atoms with van der Waals surface area (Å²) >= 11 is 13.1. The van der Waals surface area contributed by atoms with Gasteiger partial charge >= 0.3 is 0 Å². The Balaban J connectivity index is 1.41. The Kier molecular flexibility index (Phi) is 8.21. The van der Waals surface area contributed by atoms with E-state index in [0.29, 0.717) is 28.0 Å². The quantitative estimate of drug-likeness (QED) is 0.167. The lowest BCUT2D eigenvalue weighted by molar-refractivity contribution is 0.315. The van der Waals surface area contributed by atoms with E-state index in [2.05, 4.69) is 53.7 Å². The minimum Gasteiger partial charge on any atom is -0.496 e. The van der Waals surface area contributed by atoms with E-state index < -0.39 is 0 Å². The fourth-order valence-corrected chi connectivity index (χ4v) is 6.75. The molecule has 0 spiro atoms. The minimum atomic E-state index is 0.128. The number of anilines is 3. The van der Waals surface area contributed by atoms with Gasteiger partial charge in [0.15, 0.2) is 0 Å². The smallest absolute Gasteiger partial charge is 0.138 e. The van der Waals surface area contributed by atoms with Crippen molar-refractivity contribution >= 4 is 52.0 Å². The molecule has 2 saturated carbocycles. The average Bonchev–Trinajstić information content (AvgIpc) is 2.89. The van der Waals surface area contributed by atoms with Gasteiger partial charge in [-0.2, -0.15) is 0 Å². The highest BCUT2D eigenvalue weighted by molar-refractivity contribution is 6.39. The first-order chi connectivity index (χ1) is 20.2. The lowest BCUT2D eigenvalue weighted by atomic mass is 9.70. The molecule has 6 rings (SSSR count). The van der Waals surface area contributed by atoms with Crippen molar-refractivity contribution in [3.63, 3.8) is 0 Å². The molecule has 42 heavy (non-hydrogen) atoms. The van der Waals surface area contributed by atoms with Gasteiger partial charge in [-0.25, -0.2) is 4.98 Å². The van der Waals surface area contributed by atoms with Crippen molar-refractivity contribution in [2.75, 3.05) is 17.7 Å². The van der Waals surface area contributed by atoms with E-state index in [0.717, 1.165) is 84.6 Å². The Morgan fingerprint density at radius 1 is 1.05 bits per heavy atom. The van der Waals surface area contributed by atoms with Crippen LogP contribution in [0.5, 0.6) is 0 Å². The van der Waals surface area contributed by atoms with Gasteiger partial charge < -0.3 is 20.8 Å². The van der Waals surface area contributed by atoms with Gasteiger partial charge in [0.25, 0.3) is 0 Å². The maximum Gasteiger partial charge on any atom is 0.138 e. The van der Waals surface area contributed by atoms with Gasteiger partial charge in [-0.1, -0.05) is 61.7 Å². The van der Waals surface area contributed by atoms with Crippen molar-refractivity contribution in [2.45, 2.75) is 78.2 Å². The summed E-state index contributed by atoms with van der Waals surface area (Å²) in [5.74, 6) is 2.77. The molecule has 2 heterocycles. The highest BCUT2D eigenvalue weighted by Gasteiger charge is 2.35. The van der Waals surface area contributed by atoms with E-state index in [9.17, 15) is 5.41 Å². The van der Waals surface area contributed by atoms with Crippen LogP contribution >= 0.6 is 23.2 Å². The summed E-state index contributed by atoms with van der Waals surface area (Å²) in [5.41, 5.74) is 8.43. The predicted molar refractivity (Wildman–Crippen MR) is 173 cm³/mol. The lowest BCUT2D eigenvalue weighted by Gasteiger charge is -2.36. The number of nitrogens with one attached hydrogen (secondary N) is 3. The van der Waals surface area contributed by atoms with Gasteiger partial charge in [0.2, 0.25) is 0 Å². The first-order valence-corrected chi connectivity index (χ1v) is 15.8. The number of ether oxygens (including phenoxy) is 1. The van der Waals surface area contributed by atoms with Crippen LogP contribution in [0.3, 0.4) is 0 Å². The number of fused-ring (bicyclic) bond motifs is 1. The number of aromatic nitrogens is 2. The minimum absolute atomic E-state index is 0.128. The summed E-state index contributed by atoms with van der Waals surface area (Å²) in [6.45, 7) is 5.22. The Bertz CT molecular complexity index is 1530. The second kappa shape index (κ2) is 11.9. The molecule has 0 radical (unpaired) electrons. The summed E-state index contributed by atoms with van der Waals surface area (Å²) in [6.07, 6.45) is 12.7. The molecule has 220 valence electrons. The van der Waals surface area contributed by atoms with E-state index in [1.807, 2.05) is 0 Å². The maximum absolute atomic E-state index is 9.36. The molecule has 0 saturated heterocycles. The number of allylic oxidation sites excluding steroid dienone is 1. The zero-order valence-electron chi connectivity index (χ0n) is 24.7. The van der Waals surface area contributed by atoms with Gasteiger partial charge in [0, 0.05) is 41.7 Å². The third kappa shape index (κ3) is 5.76. The second-order valence-corrected chi connectivity index (χ2v) is 13.5. The third-order valence-corrected chi connectivity index (χ3v) is 9.70. The standard InChI is InChI=1S/C34H39Cl2N5O/c1-34(2)14-13-24-25(16-34)28(29(37)21-8-5-9-21)33(41-32(24)40-30-26(35)18-38-19-27(30)36)39-17-20-7-4-12-23(15-20)31(42-3)22-10-6-11-22/h4,7,12,15,18-19,21,37H,5-6,8-11,13-14,16-17H2,1-3H3,(H2,38,39,40,41). The van der Waals surface area contributed by atoms with Crippen molar-refractivity contribution in [3.05, 3.63) is 80.1 Å². The van der Waals surface area contributed by atoms with Crippen molar-refractivity contribution < 1.29 is 4.74 Å². The highest BCUT2D eigenvalue weighted by Crippen LogP contribution is 2.44. The monoisotopic (exact) mass is 603 g/mol. The van der Waals surface area contributed by atoms with Gasteiger partial charge in [0.1, 0.15) is 17.4 Å². The summed E-state index contributed by atoms with van der Waals surface area (Å²) in [5, 5.41) is 17.4. The summed E-state index contributed by atoms with van der Waals surface area (Å²) in [6, 6.07) is 8.54. The van der Waals surface area contributed by atoms with E-state index in [-0.39, 0.29) is 11.3 Å². The number of halogens is 2. The molecule has 1 aromatic carbocycles. The van der Waals surface area contributed by atoms with Gasteiger partial charge in [-0.3, -0.25) is 4.98 Å². The number of nitrogens with zero attached hydrogens (tertiary/aromatic N) is 2. The molecule has 2 aromatic heterocycles. The maximum atomic E-state index is 9.36. The van der Waals surface area contributed by atoms with Gasteiger partial charge in [0.05, 0.1) is 22.8 Å². The molecule has 0 bridgehead atoms. The summed E-state index contributed by atoms with van der Waals surface area (Å²) in [4.78, 5) is 9.29. The molecule has 0 atom stereocenters. The van der Waals surface area contributed by atoms with Crippen molar-refractivity contribution in [2.24, 2.45) is 11.3 Å². The van der Waals surface area contributed by atoms with Crippen LogP contribution in [0.25, 0.3) is 5.76 Å². The average molecular weight is 605 g/mol. The molecule has 3 aliphatic carbocycles. The fraction of sp³-hybridized carbons (Fsp3) is 0.441. The van der Waals surface area contributed by atoms with Crippen molar-refractivity contribution in [3.8, 4) is 0 Å². The first kappa shape index (κ1) is 29.0. The summed E-state index contributed by atoms with van der Waals surface area (Å²) in [7, 11) is 1.76. The van der Waals surface area contributed by atoms with Crippen LogP contribution in [0.4, 0.5) is 17.3 Å². The number of pyridine rings is 2. The number of benzene rings is 1. The van der Waals surface area contributed by atoms with Crippen LogP contribution in [0.15, 0.2) is 42.2 Å². The molecular formula is C34H39Cl2N5O. The number of methoxy groups -OCH3 is 1. The molecule has 0 unspecified atom stereocenters. The Morgan fingerprint density at radius 3 is 2.45 bits per heavy atom. The Hall–Kier alpha value is -3.09. The number of hydrogen-bond donors (Lipinski definition) is 3. The van der Waals surface area contributed by atoms with Crippen LogP contribution in [0.2, 0.25) is 10.0 Å². The molecule has 0 aliphatic heterocycles. The highest BCUT2D eigenvalue weighted by atomic mass is 35.5. The third-order valence-electron chi connectivity index (χ3n) is 9.13. The van der Waals surface area contributed by atoms with Gasteiger partial charge in [-0.05, 0) is 85.1 Å². The van der Waals surface area contributed by atoms with Crippen LogP contribution in [0.1, 0.15) is 86.6 Å². The van der Waals surface area contributed by atoms with Crippen LogP contribution in [0, 0.1) is 16.7 Å².